The van der Waals surface area contributed by atoms with Crippen LogP contribution >= 0.6 is 0 Å². The van der Waals surface area contributed by atoms with E-state index in [9.17, 15) is 9.50 Å². The lowest BCUT2D eigenvalue weighted by atomic mass is 10.1. The zero-order chi connectivity index (χ0) is 27.0. The second-order valence-corrected chi connectivity index (χ2v) is 9.01. The van der Waals surface area contributed by atoms with Gasteiger partial charge in [0.1, 0.15) is 5.75 Å². The third-order valence-electron chi connectivity index (χ3n) is 6.31. The van der Waals surface area contributed by atoms with Crippen molar-refractivity contribution in [3.63, 3.8) is 0 Å². The minimum absolute atomic E-state index is 0.109. The largest absolute Gasteiger partial charge is 0.508 e. The first-order valence-electron chi connectivity index (χ1n) is 12.6. The van der Waals surface area contributed by atoms with Crippen LogP contribution in [0.3, 0.4) is 0 Å². The van der Waals surface area contributed by atoms with Crippen LogP contribution in [0.25, 0.3) is 11.1 Å². The van der Waals surface area contributed by atoms with Crippen LogP contribution in [0.1, 0.15) is 5.69 Å². The van der Waals surface area contributed by atoms with Crippen molar-refractivity contribution < 1.29 is 14.6 Å². The Labute approximate surface area is 225 Å². The summed E-state index contributed by atoms with van der Waals surface area (Å²) in [5.41, 5.74) is 7.04. The highest BCUT2D eigenvalue weighted by Gasteiger charge is 2.21. The van der Waals surface area contributed by atoms with Gasteiger partial charge in [0.05, 0.1) is 36.6 Å². The van der Waals surface area contributed by atoms with E-state index in [0.29, 0.717) is 25.3 Å². The second-order valence-electron chi connectivity index (χ2n) is 9.01. The number of rotatable bonds is 9. The molecule has 1 aliphatic rings. The lowest BCUT2D eigenvalue weighted by Crippen LogP contribution is -2.47. The molecule has 0 radical (unpaired) electrons. The van der Waals surface area contributed by atoms with Crippen molar-refractivity contribution in [3.05, 3.63) is 84.6 Å². The molecule has 0 unspecified atom stereocenters. The number of piperazine rings is 1. The molecule has 2 aromatic carbocycles. The van der Waals surface area contributed by atoms with E-state index in [1.54, 1.807) is 18.3 Å². The molecule has 0 amide bonds. The Kier molecular flexibility index (Phi) is 8.20. The number of hydrogen-bond donors (Lipinski definition) is 4. The van der Waals surface area contributed by atoms with Gasteiger partial charge in [-0.25, -0.2) is 14.8 Å². The third kappa shape index (κ3) is 6.83. The molecule has 1 aliphatic heterocycles. The van der Waals surface area contributed by atoms with Crippen LogP contribution in [0.15, 0.2) is 78.2 Å². The fraction of sp³-hybridized carbons (Fsp3) is 0.214. The molecule has 5 rings (SSSR count). The molecule has 0 saturated carbocycles. The molecule has 10 nitrogen and oxygen atoms in total. The molecular weight excluding hydrogens is 499 g/mol. The van der Waals surface area contributed by atoms with Gasteiger partial charge in [0, 0.05) is 38.4 Å². The van der Waals surface area contributed by atoms with Gasteiger partial charge in [-0.05, 0) is 47.5 Å². The summed E-state index contributed by atoms with van der Waals surface area (Å²) in [6.07, 6.45) is 4.37. The van der Waals surface area contributed by atoms with Gasteiger partial charge in [-0.15, -0.1) is 0 Å². The summed E-state index contributed by atoms with van der Waals surface area (Å²) in [6, 6.07) is 18.7. The van der Waals surface area contributed by atoms with Gasteiger partial charge in [0.25, 0.3) is 0 Å². The van der Waals surface area contributed by atoms with E-state index in [1.807, 2.05) is 53.4 Å². The summed E-state index contributed by atoms with van der Waals surface area (Å²) in [6.45, 7) is 3.41. The van der Waals surface area contributed by atoms with Crippen molar-refractivity contribution in [2.75, 3.05) is 55.0 Å². The maximum Gasteiger partial charge on any atom is 0.245 e. The van der Waals surface area contributed by atoms with Crippen LogP contribution in [0.4, 0.5) is 27.5 Å². The molecule has 0 spiro atoms. The van der Waals surface area contributed by atoms with Gasteiger partial charge < -0.3 is 20.4 Å². The Morgan fingerprint density at radius 2 is 1.72 bits per heavy atom. The number of hydrogen-bond acceptors (Lipinski definition) is 10. The number of pyridine rings is 1. The second kappa shape index (κ2) is 12.3. The maximum absolute atomic E-state index is 14.4. The van der Waals surface area contributed by atoms with Crippen LogP contribution in [-0.4, -0.2) is 75.6 Å². The minimum Gasteiger partial charge on any atom is -0.508 e. The number of β-amino-alcohol motifs (C(OH)–C–C–N with tert-alkyl or cyclic N) is 1. The van der Waals surface area contributed by atoms with Crippen molar-refractivity contribution in [3.8, 4) is 16.9 Å². The van der Waals surface area contributed by atoms with Gasteiger partial charge in [-0.3, -0.25) is 9.88 Å². The van der Waals surface area contributed by atoms with E-state index in [0.717, 1.165) is 41.8 Å². The smallest absolute Gasteiger partial charge is 0.245 e. The number of phenolic OH excluding ortho intramolecular Hbond substituents is 1. The van der Waals surface area contributed by atoms with Crippen molar-refractivity contribution in [1.82, 2.24) is 19.9 Å². The van der Waals surface area contributed by atoms with Crippen LogP contribution in [-0.2, 0) is 0 Å². The molecule has 39 heavy (non-hydrogen) atoms. The number of aliphatic hydroxyl groups is 1. The Morgan fingerprint density at radius 3 is 2.44 bits per heavy atom. The fourth-order valence-electron chi connectivity index (χ4n) is 4.27. The highest BCUT2D eigenvalue weighted by molar-refractivity contribution is 5.78. The Hall–Kier alpha value is -4.61. The summed E-state index contributed by atoms with van der Waals surface area (Å²) < 4.78 is 14.4. The number of nitrogens with zero attached hydrogens (tertiary/aromatic N) is 6. The quantitative estimate of drug-likeness (QED) is 0.190. The summed E-state index contributed by atoms with van der Waals surface area (Å²) in [7, 11) is 0. The average molecular weight is 529 g/mol. The van der Waals surface area contributed by atoms with E-state index >= 15 is 0 Å². The van der Waals surface area contributed by atoms with E-state index in [4.69, 9.17) is 5.11 Å². The highest BCUT2D eigenvalue weighted by atomic mass is 19.1. The predicted octanol–water partition coefficient (Wildman–Crippen LogP) is 3.69. The number of benzene rings is 2. The Bertz CT molecular complexity index is 1410. The maximum atomic E-state index is 14.4. The zero-order valence-corrected chi connectivity index (χ0v) is 21.2. The van der Waals surface area contributed by atoms with Gasteiger partial charge in [0.15, 0.2) is 11.6 Å². The molecule has 2 aromatic heterocycles. The molecule has 1 saturated heterocycles. The monoisotopic (exact) mass is 528 g/mol. The molecule has 11 heteroatoms. The van der Waals surface area contributed by atoms with E-state index in [1.165, 1.54) is 6.21 Å². The van der Waals surface area contributed by atoms with Crippen LogP contribution < -0.4 is 15.6 Å². The highest BCUT2D eigenvalue weighted by Crippen LogP contribution is 2.25. The van der Waals surface area contributed by atoms with Gasteiger partial charge in [0.2, 0.25) is 5.95 Å². The SMILES string of the molecule is OCCN1CCN(c2nc(N/N=C/c3ccc(Nc4ccc(-c5cccc(O)c5)cc4)cn3)ncc2F)CC1. The number of aromatic nitrogens is 3. The standard InChI is InChI=1S/C28H29FN8O2/c29-26-19-31-28(34-27(26)37-12-10-36(11-13-37)14-15-38)35-32-18-23-8-9-24(17-30-23)33-22-6-4-20(5-7-22)21-2-1-3-25(39)16-21/h1-9,16-19,33,38-39H,10-15H2,(H,31,34,35)/b32-18+. The summed E-state index contributed by atoms with van der Waals surface area (Å²) in [4.78, 5) is 16.7. The lowest BCUT2D eigenvalue weighted by molar-refractivity contribution is 0.188. The minimum atomic E-state index is -0.487. The molecular formula is C28H29FN8O2. The first-order chi connectivity index (χ1) is 19.1. The zero-order valence-electron chi connectivity index (χ0n) is 21.2. The molecule has 3 heterocycles. The molecule has 1 fully saturated rings. The van der Waals surface area contributed by atoms with Gasteiger partial charge in [-0.1, -0.05) is 24.3 Å². The number of phenols is 1. The molecule has 0 aliphatic carbocycles. The van der Waals surface area contributed by atoms with E-state index < -0.39 is 5.82 Å². The molecule has 200 valence electrons. The first-order valence-corrected chi connectivity index (χ1v) is 12.6. The number of nitrogens with one attached hydrogen (secondary N) is 2. The van der Waals surface area contributed by atoms with Gasteiger partial charge >= 0.3 is 0 Å². The first kappa shape index (κ1) is 26.0. The van der Waals surface area contributed by atoms with Crippen molar-refractivity contribution in [1.29, 1.82) is 0 Å². The predicted molar refractivity (Wildman–Crippen MR) is 150 cm³/mol. The van der Waals surface area contributed by atoms with Gasteiger partial charge in [-0.2, -0.15) is 10.1 Å². The van der Waals surface area contributed by atoms with Crippen LogP contribution in [0.2, 0.25) is 0 Å². The Balaban J connectivity index is 1.15. The van der Waals surface area contributed by atoms with Crippen molar-refractivity contribution in [2.45, 2.75) is 0 Å². The van der Waals surface area contributed by atoms with E-state index in [-0.39, 0.29) is 24.1 Å². The number of hydrazone groups is 1. The number of aromatic hydroxyl groups is 1. The number of anilines is 4. The van der Waals surface area contributed by atoms with E-state index in [2.05, 4.69) is 35.7 Å². The molecule has 0 atom stereocenters. The van der Waals surface area contributed by atoms with Crippen LogP contribution in [0.5, 0.6) is 5.75 Å². The number of aliphatic hydroxyl groups excluding tert-OH is 1. The molecule has 4 aromatic rings. The number of halogens is 1. The summed E-state index contributed by atoms with van der Waals surface area (Å²) in [5.74, 6) is 0.167. The molecule has 4 N–H and O–H groups in total. The van der Waals surface area contributed by atoms with Crippen molar-refractivity contribution in [2.24, 2.45) is 5.10 Å². The fourth-order valence-corrected chi connectivity index (χ4v) is 4.27. The summed E-state index contributed by atoms with van der Waals surface area (Å²) in [5, 5.41) is 26.2. The lowest BCUT2D eigenvalue weighted by Gasteiger charge is -2.35. The molecule has 0 bridgehead atoms. The Morgan fingerprint density at radius 1 is 0.923 bits per heavy atom. The van der Waals surface area contributed by atoms with Crippen LogP contribution in [0, 0.1) is 5.82 Å². The topological polar surface area (TPSA) is 122 Å². The normalized spacial score (nSPS) is 14.1. The third-order valence-corrected chi connectivity index (χ3v) is 6.31. The average Bonchev–Trinajstić information content (AvgIpc) is 2.96. The summed E-state index contributed by atoms with van der Waals surface area (Å²) >= 11 is 0. The van der Waals surface area contributed by atoms with Crippen molar-refractivity contribution >= 4 is 29.4 Å².